The second kappa shape index (κ2) is 46.0. The van der Waals surface area contributed by atoms with Crippen molar-refractivity contribution in [2.45, 2.75) is 206 Å². The standard InChI is InChI=1S/C50H88NO8P/c1-3-5-7-9-11-13-15-17-19-21-22-23-24-25-26-27-29-31-33-35-37-39-41-43-50(54)57-46-48(52)47-59-60(55,56)58-45-44-51-49(53)42-40-38-36-34-32-30-28-20-18-16-14-12-10-8-6-4-2/h5,7,11,13,17,19,22-23,25-26,29,31,48,52H,3-4,6,8-10,12,14-16,18,20-21,24,27-28,30,32-47H2,1-2H3,(H,51,53)(H,55,56)/b7-5-,13-11-,19-17-,23-22-,26-25-,31-29-. The number of nitrogens with one attached hydrogen (secondary N) is 1. The van der Waals surface area contributed by atoms with Crippen LogP contribution in [0.25, 0.3) is 0 Å². The molecule has 0 bridgehead atoms. The van der Waals surface area contributed by atoms with Crippen LogP contribution < -0.4 is 5.32 Å². The summed E-state index contributed by atoms with van der Waals surface area (Å²) in [4.78, 5) is 34.0. The summed E-state index contributed by atoms with van der Waals surface area (Å²) in [5, 5.41) is 12.7. The molecule has 0 fully saturated rings. The van der Waals surface area contributed by atoms with E-state index in [0.717, 1.165) is 83.5 Å². The van der Waals surface area contributed by atoms with Crippen molar-refractivity contribution in [1.82, 2.24) is 5.32 Å². The highest BCUT2D eigenvalue weighted by atomic mass is 31.2. The summed E-state index contributed by atoms with van der Waals surface area (Å²) < 4.78 is 26.9. The smallest absolute Gasteiger partial charge is 0.463 e. The van der Waals surface area contributed by atoms with Gasteiger partial charge in [-0.15, -0.1) is 0 Å². The number of phosphoric acid groups is 1. The molecule has 0 aliphatic rings. The number of aliphatic hydroxyl groups excluding tert-OH is 1. The van der Waals surface area contributed by atoms with Gasteiger partial charge in [-0.2, -0.15) is 0 Å². The number of hydrogen-bond donors (Lipinski definition) is 3. The largest absolute Gasteiger partial charge is 0.472 e. The number of ether oxygens (including phenoxy) is 1. The summed E-state index contributed by atoms with van der Waals surface area (Å²) in [6.45, 7) is 3.42. The second-order valence-electron chi connectivity index (χ2n) is 15.7. The number of carbonyl (C=O) groups excluding carboxylic acids is 2. The van der Waals surface area contributed by atoms with Crippen LogP contribution in [0.5, 0.6) is 0 Å². The SMILES string of the molecule is CC/C=C\C/C=C\C/C=C\C/C=C\C/C=C\C/C=C\CCCCCCC(=O)OCC(O)COP(=O)(O)OCCNC(=O)CCCCCCCCCCCCCCCCCC. The number of amides is 1. The van der Waals surface area contributed by atoms with Crippen LogP contribution in [0.1, 0.15) is 200 Å². The Bertz CT molecular complexity index is 1210. The Labute approximate surface area is 367 Å². The van der Waals surface area contributed by atoms with Crippen molar-refractivity contribution >= 4 is 19.7 Å². The maximum absolute atomic E-state index is 12.1. The molecule has 0 saturated carbocycles. The molecular weight excluding hydrogens is 774 g/mol. The fraction of sp³-hybridized carbons (Fsp3) is 0.720. The summed E-state index contributed by atoms with van der Waals surface area (Å²) >= 11 is 0. The first-order chi connectivity index (χ1) is 29.3. The van der Waals surface area contributed by atoms with E-state index in [-0.39, 0.29) is 32.1 Å². The molecule has 3 N–H and O–H groups in total. The van der Waals surface area contributed by atoms with E-state index in [1.807, 2.05) is 0 Å². The number of rotatable bonds is 44. The summed E-state index contributed by atoms with van der Waals surface area (Å²) in [5.41, 5.74) is 0. The number of phosphoric ester groups is 1. The molecule has 2 unspecified atom stereocenters. The molecule has 1 amide bonds. The van der Waals surface area contributed by atoms with Gasteiger partial charge in [-0.3, -0.25) is 18.6 Å². The van der Waals surface area contributed by atoms with Gasteiger partial charge in [-0.05, 0) is 64.2 Å². The number of allylic oxidation sites excluding steroid dienone is 12. The van der Waals surface area contributed by atoms with Gasteiger partial charge in [0.1, 0.15) is 12.7 Å². The molecule has 346 valence electrons. The molecule has 0 aromatic heterocycles. The number of hydrogen-bond acceptors (Lipinski definition) is 7. The van der Waals surface area contributed by atoms with Crippen LogP contribution in [-0.4, -0.2) is 54.3 Å². The van der Waals surface area contributed by atoms with Crippen LogP contribution in [0, 0.1) is 0 Å². The molecule has 0 heterocycles. The number of esters is 1. The molecular formula is C50H88NO8P. The van der Waals surface area contributed by atoms with Gasteiger partial charge in [0.2, 0.25) is 5.91 Å². The fourth-order valence-electron chi connectivity index (χ4n) is 6.33. The van der Waals surface area contributed by atoms with E-state index < -0.39 is 26.5 Å². The lowest BCUT2D eigenvalue weighted by Crippen LogP contribution is -2.27. The van der Waals surface area contributed by atoms with Gasteiger partial charge in [0, 0.05) is 19.4 Å². The lowest BCUT2D eigenvalue weighted by atomic mass is 10.0. The molecule has 0 rings (SSSR count). The van der Waals surface area contributed by atoms with Crippen LogP contribution in [-0.2, 0) is 27.9 Å². The van der Waals surface area contributed by atoms with E-state index in [1.165, 1.54) is 83.5 Å². The molecule has 0 aromatic rings. The molecule has 9 nitrogen and oxygen atoms in total. The average Bonchev–Trinajstić information content (AvgIpc) is 3.23. The minimum atomic E-state index is -4.43. The average molecular weight is 862 g/mol. The minimum Gasteiger partial charge on any atom is -0.463 e. The second-order valence-corrected chi connectivity index (χ2v) is 17.2. The zero-order chi connectivity index (χ0) is 43.9. The van der Waals surface area contributed by atoms with Gasteiger partial charge in [-0.1, -0.05) is 196 Å². The fourth-order valence-corrected chi connectivity index (χ4v) is 7.08. The first-order valence-corrected chi connectivity index (χ1v) is 25.4. The van der Waals surface area contributed by atoms with Crippen molar-refractivity contribution in [3.63, 3.8) is 0 Å². The molecule has 0 radical (unpaired) electrons. The predicted molar refractivity (Wildman–Crippen MR) is 252 cm³/mol. The highest BCUT2D eigenvalue weighted by Gasteiger charge is 2.23. The van der Waals surface area contributed by atoms with Crippen LogP contribution in [0.15, 0.2) is 72.9 Å². The van der Waals surface area contributed by atoms with Crippen molar-refractivity contribution in [2.24, 2.45) is 0 Å². The highest BCUT2D eigenvalue weighted by Crippen LogP contribution is 2.42. The molecule has 0 aliphatic carbocycles. The molecule has 0 spiro atoms. The molecule has 60 heavy (non-hydrogen) atoms. The summed E-state index contributed by atoms with van der Waals surface area (Å²) in [6, 6.07) is 0. The lowest BCUT2D eigenvalue weighted by Gasteiger charge is -2.15. The van der Waals surface area contributed by atoms with Crippen molar-refractivity contribution in [3.8, 4) is 0 Å². The van der Waals surface area contributed by atoms with Gasteiger partial charge in [-0.25, -0.2) is 4.57 Å². The predicted octanol–water partition coefficient (Wildman–Crippen LogP) is 13.8. The van der Waals surface area contributed by atoms with E-state index in [1.54, 1.807) is 0 Å². The zero-order valence-corrected chi connectivity index (χ0v) is 39.0. The van der Waals surface area contributed by atoms with Crippen LogP contribution in [0.3, 0.4) is 0 Å². The topological polar surface area (TPSA) is 131 Å². The Balaban J connectivity index is 3.65. The summed E-state index contributed by atoms with van der Waals surface area (Å²) in [5.74, 6) is -0.541. The number of carbonyl (C=O) groups is 2. The van der Waals surface area contributed by atoms with Crippen molar-refractivity contribution in [3.05, 3.63) is 72.9 Å². The van der Waals surface area contributed by atoms with E-state index in [0.29, 0.717) is 12.8 Å². The third kappa shape index (κ3) is 46.5. The van der Waals surface area contributed by atoms with Crippen LogP contribution in [0.4, 0.5) is 0 Å². The van der Waals surface area contributed by atoms with Gasteiger partial charge in [0.25, 0.3) is 0 Å². The monoisotopic (exact) mass is 862 g/mol. The zero-order valence-electron chi connectivity index (χ0n) is 38.1. The van der Waals surface area contributed by atoms with Crippen LogP contribution >= 0.6 is 7.82 Å². The Kier molecular flexibility index (Phi) is 44.0. The molecule has 2 atom stereocenters. The number of aliphatic hydroxyl groups is 1. The first kappa shape index (κ1) is 57.4. The van der Waals surface area contributed by atoms with Crippen LogP contribution in [0.2, 0.25) is 0 Å². The number of unbranched alkanes of at least 4 members (excludes halogenated alkanes) is 19. The lowest BCUT2D eigenvalue weighted by molar-refractivity contribution is -0.147. The van der Waals surface area contributed by atoms with E-state index in [2.05, 4.69) is 92.1 Å². The maximum Gasteiger partial charge on any atom is 0.472 e. The van der Waals surface area contributed by atoms with E-state index in [9.17, 15) is 24.2 Å². The van der Waals surface area contributed by atoms with Crippen molar-refractivity contribution < 1.29 is 37.9 Å². The summed E-state index contributed by atoms with van der Waals surface area (Å²) in [6.07, 6.45) is 56.9. The maximum atomic E-state index is 12.1. The first-order valence-electron chi connectivity index (χ1n) is 23.9. The third-order valence-electron chi connectivity index (χ3n) is 9.90. The molecule has 0 aromatic carbocycles. The van der Waals surface area contributed by atoms with Gasteiger partial charge < -0.3 is 20.1 Å². The Hall–Kier alpha value is -2.55. The summed E-state index contributed by atoms with van der Waals surface area (Å²) in [7, 11) is -4.43. The Morgan fingerprint density at radius 1 is 0.533 bits per heavy atom. The van der Waals surface area contributed by atoms with Gasteiger partial charge in [0.15, 0.2) is 0 Å². The quantitative estimate of drug-likeness (QED) is 0.0239. The molecule has 10 heteroatoms. The third-order valence-corrected chi connectivity index (χ3v) is 10.9. The molecule has 0 aliphatic heterocycles. The van der Waals surface area contributed by atoms with Gasteiger partial charge in [0.05, 0.1) is 13.2 Å². The van der Waals surface area contributed by atoms with Gasteiger partial charge >= 0.3 is 13.8 Å². The molecule has 0 saturated heterocycles. The van der Waals surface area contributed by atoms with Crippen molar-refractivity contribution in [2.75, 3.05) is 26.4 Å². The van der Waals surface area contributed by atoms with Crippen molar-refractivity contribution in [1.29, 1.82) is 0 Å². The minimum absolute atomic E-state index is 0.0777. The Morgan fingerprint density at radius 3 is 1.43 bits per heavy atom. The highest BCUT2D eigenvalue weighted by molar-refractivity contribution is 7.47. The Morgan fingerprint density at radius 2 is 0.950 bits per heavy atom. The normalized spacial score (nSPS) is 13.9. The van der Waals surface area contributed by atoms with E-state index >= 15 is 0 Å². The van der Waals surface area contributed by atoms with E-state index in [4.69, 9.17) is 13.8 Å².